The van der Waals surface area contributed by atoms with Crippen LogP contribution in [0.4, 0.5) is 0 Å². The number of rotatable bonds is 5. The lowest BCUT2D eigenvalue weighted by molar-refractivity contribution is -0.141. The van der Waals surface area contributed by atoms with Gasteiger partial charge in [-0.2, -0.15) is 0 Å². The van der Waals surface area contributed by atoms with E-state index in [0.717, 1.165) is 0 Å². The molecule has 0 saturated heterocycles. The van der Waals surface area contributed by atoms with Crippen molar-refractivity contribution in [3.8, 4) is 0 Å². The first-order valence-electron chi connectivity index (χ1n) is 5.98. The Hall–Kier alpha value is -1.73. The van der Waals surface area contributed by atoms with Crippen molar-refractivity contribution in [3.05, 3.63) is 22.7 Å². The number of halogens is 1. The Balaban J connectivity index is 3.02. The summed E-state index contributed by atoms with van der Waals surface area (Å²) in [5.41, 5.74) is -0.114. The average Bonchev–Trinajstić information content (AvgIpc) is 2.34. The first kappa shape index (κ1) is 16.3. The van der Waals surface area contributed by atoms with Gasteiger partial charge in [-0.05, 0) is 6.92 Å². The van der Waals surface area contributed by atoms with Crippen LogP contribution in [0.25, 0.3) is 0 Å². The fourth-order valence-corrected chi connectivity index (χ4v) is 1.59. The number of aromatic nitrogens is 2. The molecule has 3 N–H and O–H groups in total. The molecule has 110 valence electrons. The monoisotopic (exact) mass is 301 g/mol. The summed E-state index contributed by atoms with van der Waals surface area (Å²) in [7, 11) is 0. The van der Waals surface area contributed by atoms with Gasteiger partial charge in [0.2, 0.25) is 0 Å². The third-order valence-electron chi connectivity index (χ3n) is 2.53. The van der Waals surface area contributed by atoms with Crippen LogP contribution in [0.1, 0.15) is 43.0 Å². The van der Waals surface area contributed by atoms with Gasteiger partial charge in [-0.15, -0.1) is 0 Å². The van der Waals surface area contributed by atoms with Crippen LogP contribution in [0.5, 0.6) is 0 Å². The lowest BCUT2D eigenvalue weighted by Gasteiger charge is -2.17. The molecule has 0 bridgehead atoms. The van der Waals surface area contributed by atoms with E-state index in [0.29, 0.717) is 5.82 Å². The second kappa shape index (κ2) is 6.62. The van der Waals surface area contributed by atoms with Crippen molar-refractivity contribution in [1.29, 1.82) is 0 Å². The molecular formula is C12H16ClN3O4. The fourth-order valence-electron chi connectivity index (χ4n) is 1.42. The number of amides is 1. The topological polar surface area (TPSA) is 112 Å². The summed E-state index contributed by atoms with van der Waals surface area (Å²) in [6, 6.07) is -1.43. The van der Waals surface area contributed by atoms with Crippen LogP contribution < -0.4 is 5.32 Å². The Morgan fingerprint density at radius 1 is 1.35 bits per heavy atom. The predicted molar refractivity (Wildman–Crippen MR) is 71.7 cm³/mol. The highest BCUT2D eigenvalue weighted by Crippen LogP contribution is 2.16. The number of nitrogens with one attached hydrogen (secondary N) is 1. The Morgan fingerprint density at radius 2 is 1.95 bits per heavy atom. The number of aliphatic carboxylic acids is 1. The zero-order valence-electron chi connectivity index (χ0n) is 11.3. The average molecular weight is 302 g/mol. The molecule has 0 aliphatic carbocycles. The van der Waals surface area contributed by atoms with E-state index in [1.54, 1.807) is 0 Å². The third kappa shape index (κ3) is 3.88. The van der Waals surface area contributed by atoms with E-state index >= 15 is 0 Å². The van der Waals surface area contributed by atoms with Gasteiger partial charge in [0.05, 0.1) is 17.3 Å². The second-order valence-electron chi connectivity index (χ2n) is 4.61. The maximum atomic E-state index is 12.0. The van der Waals surface area contributed by atoms with Crippen molar-refractivity contribution in [1.82, 2.24) is 15.3 Å². The van der Waals surface area contributed by atoms with Crippen LogP contribution >= 0.6 is 11.6 Å². The maximum Gasteiger partial charge on any atom is 0.328 e. The van der Waals surface area contributed by atoms with E-state index in [-0.39, 0.29) is 16.6 Å². The highest BCUT2D eigenvalue weighted by atomic mass is 35.5. The predicted octanol–water partition coefficient (Wildman–Crippen LogP) is 0.817. The van der Waals surface area contributed by atoms with Crippen molar-refractivity contribution in [2.24, 2.45) is 0 Å². The van der Waals surface area contributed by atoms with Crippen LogP contribution in [0, 0.1) is 0 Å². The summed E-state index contributed by atoms with van der Waals surface area (Å²) >= 11 is 5.84. The van der Waals surface area contributed by atoms with Crippen LogP contribution in [-0.4, -0.2) is 44.2 Å². The van der Waals surface area contributed by atoms with Crippen LogP contribution in [0.2, 0.25) is 5.02 Å². The molecule has 1 amide bonds. The van der Waals surface area contributed by atoms with E-state index in [4.69, 9.17) is 16.7 Å². The van der Waals surface area contributed by atoms with Crippen LogP contribution in [0.3, 0.4) is 0 Å². The number of carboxylic acids is 1. The molecule has 0 aliphatic rings. The van der Waals surface area contributed by atoms with E-state index < -0.39 is 24.0 Å². The third-order valence-corrected chi connectivity index (χ3v) is 2.81. The lowest BCUT2D eigenvalue weighted by Crippen LogP contribution is -2.47. The van der Waals surface area contributed by atoms with Crippen molar-refractivity contribution in [2.75, 3.05) is 0 Å². The minimum atomic E-state index is -1.43. The van der Waals surface area contributed by atoms with E-state index in [1.165, 1.54) is 13.1 Å². The van der Waals surface area contributed by atoms with Crippen LogP contribution in [0.15, 0.2) is 6.20 Å². The minimum Gasteiger partial charge on any atom is -0.480 e. The molecule has 2 atom stereocenters. The molecule has 1 rings (SSSR count). The smallest absolute Gasteiger partial charge is 0.328 e. The van der Waals surface area contributed by atoms with Gasteiger partial charge in [-0.3, -0.25) is 4.79 Å². The molecule has 1 aromatic rings. The summed E-state index contributed by atoms with van der Waals surface area (Å²) in [6.45, 7) is 4.96. The largest absolute Gasteiger partial charge is 0.480 e. The summed E-state index contributed by atoms with van der Waals surface area (Å²) in [5, 5.41) is 20.4. The second-order valence-corrected chi connectivity index (χ2v) is 5.02. The molecular weight excluding hydrogens is 286 g/mol. The van der Waals surface area contributed by atoms with Gasteiger partial charge in [-0.25, -0.2) is 14.8 Å². The van der Waals surface area contributed by atoms with E-state index in [1.807, 2.05) is 13.8 Å². The quantitative estimate of drug-likeness (QED) is 0.742. The highest BCUT2D eigenvalue weighted by molar-refractivity contribution is 6.33. The van der Waals surface area contributed by atoms with Gasteiger partial charge < -0.3 is 15.5 Å². The summed E-state index contributed by atoms with van der Waals surface area (Å²) in [5.74, 6) is -1.70. The van der Waals surface area contributed by atoms with Gasteiger partial charge in [0, 0.05) is 5.92 Å². The number of aliphatic hydroxyl groups is 1. The molecule has 2 unspecified atom stereocenters. The molecule has 0 fully saturated rings. The number of hydrogen-bond donors (Lipinski definition) is 3. The van der Waals surface area contributed by atoms with Crippen molar-refractivity contribution >= 4 is 23.5 Å². The Labute approximate surface area is 121 Å². The molecule has 8 heteroatoms. The first-order valence-corrected chi connectivity index (χ1v) is 6.36. The van der Waals surface area contributed by atoms with Gasteiger partial charge >= 0.3 is 5.97 Å². The molecule has 0 aliphatic heterocycles. The molecule has 7 nitrogen and oxygen atoms in total. The number of nitrogens with zero attached hydrogens (tertiary/aromatic N) is 2. The zero-order chi connectivity index (χ0) is 15.4. The standard InChI is InChI=1S/C12H16ClN3O4/c1-5(2)10-14-4-7(13)9(15-10)11(18)16-8(6(3)17)12(19)20/h4-6,8,17H,1-3H3,(H,16,18)(H,19,20). The molecule has 1 heterocycles. The number of aliphatic hydroxyl groups excluding tert-OH is 1. The Morgan fingerprint density at radius 3 is 2.40 bits per heavy atom. The van der Waals surface area contributed by atoms with Crippen molar-refractivity contribution < 1.29 is 19.8 Å². The highest BCUT2D eigenvalue weighted by Gasteiger charge is 2.27. The molecule has 1 aromatic heterocycles. The van der Waals surface area contributed by atoms with Crippen molar-refractivity contribution in [3.63, 3.8) is 0 Å². The Kier molecular flexibility index (Phi) is 5.41. The summed E-state index contributed by atoms with van der Waals surface area (Å²) in [6.07, 6.45) is 0.0402. The minimum absolute atomic E-state index is 0.00847. The van der Waals surface area contributed by atoms with Crippen LogP contribution in [-0.2, 0) is 4.79 Å². The van der Waals surface area contributed by atoms with Crippen molar-refractivity contribution in [2.45, 2.75) is 38.8 Å². The SMILES string of the molecule is CC(C)c1ncc(Cl)c(C(=O)NC(C(=O)O)C(C)O)n1. The molecule has 0 saturated carbocycles. The molecule has 20 heavy (non-hydrogen) atoms. The first-order chi connectivity index (χ1) is 9.23. The number of hydrogen-bond acceptors (Lipinski definition) is 5. The zero-order valence-corrected chi connectivity index (χ0v) is 12.0. The summed E-state index contributed by atoms with van der Waals surface area (Å²) in [4.78, 5) is 30.9. The normalized spacial score (nSPS) is 13.9. The summed E-state index contributed by atoms with van der Waals surface area (Å²) < 4.78 is 0. The van der Waals surface area contributed by atoms with Gasteiger partial charge in [0.15, 0.2) is 6.04 Å². The molecule has 0 aromatic carbocycles. The number of carboxylic acid groups (broad SMARTS) is 1. The van der Waals surface area contributed by atoms with E-state index in [2.05, 4.69) is 15.3 Å². The molecule has 0 spiro atoms. The van der Waals surface area contributed by atoms with Gasteiger partial charge in [0.25, 0.3) is 5.91 Å². The maximum absolute atomic E-state index is 12.0. The lowest BCUT2D eigenvalue weighted by atomic mass is 10.1. The van der Waals surface area contributed by atoms with Gasteiger partial charge in [0.1, 0.15) is 11.5 Å². The van der Waals surface area contributed by atoms with Gasteiger partial charge in [-0.1, -0.05) is 25.4 Å². The number of carbonyl (C=O) groups excluding carboxylic acids is 1. The van der Waals surface area contributed by atoms with E-state index in [9.17, 15) is 14.7 Å². The fraction of sp³-hybridized carbons (Fsp3) is 0.500. The molecule has 0 radical (unpaired) electrons. The Bertz CT molecular complexity index is 519. The number of carbonyl (C=O) groups is 2.